The molecule has 2 saturated carbocycles. The molecule has 0 bridgehead atoms. The highest BCUT2D eigenvalue weighted by molar-refractivity contribution is 7.89. The summed E-state index contributed by atoms with van der Waals surface area (Å²) in [5.74, 6) is 1.00. The molecule has 5 nitrogen and oxygen atoms in total. The Morgan fingerprint density at radius 3 is 2.60 bits per heavy atom. The molecule has 2 aromatic heterocycles. The molecule has 2 heterocycles. The van der Waals surface area contributed by atoms with Crippen LogP contribution in [0.4, 0.5) is 0 Å². The second-order valence-electron chi connectivity index (χ2n) is 5.59. The van der Waals surface area contributed by atoms with Crippen LogP contribution in [0.2, 0.25) is 5.15 Å². The highest BCUT2D eigenvalue weighted by Gasteiger charge is 2.44. The van der Waals surface area contributed by atoms with Crippen LogP contribution in [0.25, 0.3) is 4.96 Å². The molecule has 0 saturated heterocycles. The molecule has 0 atom stereocenters. The van der Waals surface area contributed by atoms with Crippen molar-refractivity contribution in [3.63, 3.8) is 0 Å². The van der Waals surface area contributed by atoms with Crippen LogP contribution in [0.15, 0.2) is 16.6 Å². The summed E-state index contributed by atoms with van der Waals surface area (Å²) in [7, 11) is -3.63. The number of hydrogen-bond acceptors (Lipinski definition) is 4. The fourth-order valence-corrected chi connectivity index (χ4v) is 5.53. The van der Waals surface area contributed by atoms with Crippen molar-refractivity contribution in [3.8, 4) is 0 Å². The molecule has 0 radical (unpaired) electrons. The first kappa shape index (κ1) is 13.1. The van der Waals surface area contributed by atoms with Crippen molar-refractivity contribution in [1.29, 1.82) is 0 Å². The van der Waals surface area contributed by atoms with Crippen LogP contribution in [0.3, 0.4) is 0 Å². The minimum atomic E-state index is -3.63. The zero-order valence-electron chi connectivity index (χ0n) is 10.6. The van der Waals surface area contributed by atoms with E-state index in [9.17, 15) is 8.42 Å². The van der Waals surface area contributed by atoms with Crippen molar-refractivity contribution < 1.29 is 8.42 Å². The van der Waals surface area contributed by atoms with Crippen molar-refractivity contribution in [2.24, 2.45) is 11.8 Å². The quantitative estimate of drug-likeness (QED) is 0.915. The van der Waals surface area contributed by atoms with Gasteiger partial charge in [0.1, 0.15) is 0 Å². The van der Waals surface area contributed by atoms with E-state index < -0.39 is 10.0 Å². The number of rotatable bonds is 5. The summed E-state index contributed by atoms with van der Waals surface area (Å²) in [6.45, 7) is 0. The molecule has 0 unspecified atom stereocenters. The highest BCUT2D eigenvalue weighted by atomic mass is 35.5. The molecule has 0 aliphatic heterocycles. The smallest absolute Gasteiger partial charge is 0.260 e. The number of sulfonamides is 1. The van der Waals surface area contributed by atoms with Gasteiger partial charge < -0.3 is 0 Å². The van der Waals surface area contributed by atoms with Gasteiger partial charge >= 0.3 is 0 Å². The molecule has 2 fully saturated rings. The molecule has 2 aliphatic rings. The lowest BCUT2D eigenvalue weighted by Crippen LogP contribution is -2.38. The maximum atomic E-state index is 12.6. The zero-order valence-corrected chi connectivity index (χ0v) is 13.0. The summed E-state index contributed by atoms with van der Waals surface area (Å²) in [5.41, 5.74) is 0. The summed E-state index contributed by atoms with van der Waals surface area (Å²) in [4.78, 5) is 4.70. The second-order valence-corrected chi connectivity index (χ2v) is 8.45. The first-order chi connectivity index (χ1) is 9.56. The minimum Gasteiger partial charge on any atom is -0.279 e. The molecule has 2 aliphatic carbocycles. The molecular formula is C12H14ClN3O2S2. The lowest BCUT2D eigenvalue weighted by atomic mass is 10.1. The van der Waals surface area contributed by atoms with E-state index in [0.717, 1.165) is 25.7 Å². The Morgan fingerprint density at radius 1 is 1.35 bits per heavy atom. The van der Waals surface area contributed by atoms with Gasteiger partial charge in [-0.3, -0.25) is 4.40 Å². The van der Waals surface area contributed by atoms with Crippen molar-refractivity contribution in [2.45, 2.75) is 36.8 Å². The number of halogens is 1. The average Bonchev–Trinajstić information content (AvgIpc) is 3.27. The summed E-state index contributed by atoms with van der Waals surface area (Å²) in [5, 5.41) is 1.92. The van der Waals surface area contributed by atoms with E-state index >= 15 is 0 Å². The van der Waals surface area contributed by atoms with E-state index in [1.807, 2.05) is 0 Å². The van der Waals surface area contributed by atoms with Crippen LogP contribution in [0.5, 0.6) is 0 Å². The van der Waals surface area contributed by atoms with E-state index in [1.54, 1.807) is 16.0 Å². The van der Waals surface area contributed by atoms with Crippen molar-refractivity contribution >= 4 is 37.9 Å². The lowest BCUT2D eigenvalue weighted by Gasteiger charge is -2.17. The number of imidazole rings is 1. The monoisotopic (exact) mass is 331 g/mol. The number of nitrogens with one attached hydrogen (secondary N) is 1. The van der Waals surface area contributed by atoms with Crippen LogP contribution in [-0.4, -0.2) is 23.8 Å². The molecule has 0 amide bonds. The Labute approximate surface area is 126 Å². The van der Waals surface area contributed by atoms with Crippen LogP contribution >= 0.6 is 22.9 Å². The molecule has 8 heteroatoms. The van der Waals surface area contributed by atoms with Gasteiger partial charge in [0.25, 0.3) is 10.0 Å². The summed E-state index contributed by atoms with van der Waals surface area (Å²) in [6.07, 6.45) is 6.18. The number of thiazole rings is 1. The molecular weight excluding hydrogens is 318 g/mol. The van der Waals surface area contributed by atoms with Crippen LogP contribution in [0, 0.1) is 11.8 Å². The largest absolute Gasteiger partial charge is 0.279 e. The molecule has 2 aromatic rings. The molecule has 0 aromatic carbocycles. The van der Waals surface area contributed by atoms with Crippen molar-refractivity contribution in [1.82, 2.24) is 14.1 Å². The van der Waals surface area contributed by atoms with Crippen molar-refractivity contribution in [3.05, 3.63) is 16.7 Å². The third-order valence-electron chi connectivity index (χ3n) is 3.98. The zero-order chi connectivity index (χ0) is 13.9. The third kappa shape index (κ3) is 2.16. The summed E-state index contributed by atoms with van der Waals surface area (Å²) >= 11 is 7.39. The van der Waals surface area contributed by atoms with E-state index in [0.29, 0.717) is 16.8 Å². The van der Waals surface area contributed by atoms with Gasteiger partial charge in [-0.25, -0.2) is 18.1 Å². The van der Waals surface area contributed by atoms with Gasteiger partial charge in [-0.05, 0) is 37.5 Å². The lowest BCUT2D eigenvalue weighted by molar-refractivity contribution is 0.470. The molecule has 108 valence electrons. The Hall–Kier alpha value is -0.630. The van der Waals surface area contributed by atoms with Crippen molar-refractivity contribution in [2.75, 3.05) is 0 Å². The number of aromatic nitrogens is 2. The number of hydrogen-bond donors (Lipinski definition) is 1. The van der Waals surface area contributed by atoms with Gasteiger partial charge in [0.2, 0.25) is 0 Å². The van der Waals surface area contributed by atoms with Gasteiger partial charge in [0.15, 0.2) is 15.1 Å². The normalized spacial score (nSPS) is 20.1. The average molecular weight is 332 g/mol. The maximum absolute atomic E-state index is 12.6. The van der Waals surface area contributed by atoms with Gasteiger partial charge in [0, 0.05) is 17.6 Å². The number of nitrogens with zero attached hydrogens (tertiary/aromatic N) is 2. The van der Waals surface area contributed by atoms with E-state index in [-0.39, 0.29) is 16.2 Å². The molecule has 20 heavy (non-hydrogen) atoms. The highest BCUT2D eigenvalue weighted by Crippen LogP contribution is 2.45. The van der Waals surface area contributed by atoms with Gasteiger partial charge in [-0.2, -0.15) is 0 Å². The predicted molar refractivity (Wildman–Crippen MR) is 77.6 cm³/mol. The number of fused-ring (bicyclic) bond motifs is 1. The first-order valence-electron chi connectivity index (χ1n) is 6.69. The van der Waals surface area contributed by atoms with E-state index in [2.05, 4.69) is 9.71 Å². The Kier molecular flexibility index (Phi) is 2.89. The van der Waals surface area contributed by atoms with Gasteiger partial charge in [-0.15, -0.1) is 11.3 Å². The SMILES string of the molecule is O=S(=O)(NC(C1CC1)C1CC1)c1c(Cl)nc2sccn12. The van der Waals surface area contributed by atoms with Gasteiger partial charge in [-0.1, -0.05) is 11.6 Å². The Balaban J connectivity index is 1.71. The topological polar surface area (TPSA) is 63.5 Å². The van der Waals surface area contributed by atoms with Crippen LogP contribution in [-0.2, 0) is 10.0 Å². The predicted octanol–water partition coefficient (Wildman–Crippen LogP) is 2.52. The Bertz CT molecular complexity index is 747. The first-order valence-corrected chi connectivity index (χ1v) is 9.44. The minimum absolute atomic E-state index is 0.0506. The van der Waals surface area contributed by atoms with Crippen LogP contribution in [0.1, 0.15) is 25.7 Å². The van der Waals surface area contributed by atoms with Gasteiger partial charge in [0.05, 0.1) is 0 Å². The van der Waals surface area contributed by atoms with E-state index in [4.69, 9.17) is 11.6 Å². The summed E-state index contributed by atoms with van der Waals surface area (Å²) < 4.78 is 29.7. The molecule has 0 spiro atoms. The second kappa shape index (κ2) is 4.43. The fraction of sp³-hybridized carbons (Fsp3) is 0.583. The molecule has 1 N–H and O–H groups in total. The third-order valence-corrected chi connectivity index (χ3v) is 6.60. The van der Waals surface area contributed by atoms with Crippen LogP contribution < -0.4 is 4.72 Å². The maximum Gasteiger partial charge on any atom is 0.260 e. The standard InChI is InChI=1S/C12H14ClN3O2S2/c13-10-11(16-5-6-19-12(16)14-10)20(17,18)15-9(7-1-2-7)8-3-4-8/h5-9,15H,1-4H2. The molecule has 4 rings (SSSR count). The Morgan fingerprint density at radius 2 is 2.00 bits per heavy atom. The fourth-order valence-electron chi connectivity index (χ4n) is 2.70. The van der Waals surface area contributed by atoms with E-state index in [1.165, 1.54) is 11.3 Å². The summed E-state index contributed by atoms with van der Waals surface area (Å²) in [6, 6.07) is 0.0697.